The molecular weight excluding hydrogens is 476 g/mol. The smallest absolute Gasteiger partial charge is 0.251 e. The molecule has 2 unspecified atom stereocenters. The first-order chi connectivity index (χ1) is 18.4. The maximum atomic E-state index is 14.0. The van der Waals surface area contributed by atoms with Gasteiger partial charge in [0.15, 0.2) is 0 Å². The Bertz CT molecular complexity index is 1200. The number of benzene rings is 1. The van der Waals surface area contributed by atoms with Gasteiger partial charge in [0.1, 0.15) is 0 Å². The summed E-state index contributed by atoms with van der Waals surface area (Å²) in [6.07, 6.45) is 10.4. The van der Waals surface area contributed by atoms with E-state index >= 15 is 0 Å². The highest BCUT2D eigenvalue weighted by atomic mass is 16.3. The van der Waals surface area contributed by atoms with Gasteiger partial charge in [0, 0.05) is 29.9 Å². The molecule has 0 spiro atoms. The lowest BCUT2D eigenvalue weighted by Gasteiger charge is -2.58. The number of amides is 2. The Morgan fingerprint density at radius 3 is 2.34 bits per heavy atom. The highest BCUT2D eigenvalue weighted by Gasteiger charge is 2.59. The first-order valence-electron chi connectivity index (χ1n) is 14.5. The van der Waals surface area contributed by atoms with Crippen molar-refractivity contribution >= 4 is 11.8 Å². The predicted molar refractivity (Wildman–Crippen MR) is 144 cm³/mol. The lowest BCUT2D eigenvalue weighted by molar-refractivity contribution is -0.165. The lowest BCUT2D eigenvalue weighted by atomic mass is 9.48. The molecular formula is C31H38N4O3. The SMILES string of the molecule is O=C(NC1CC1)c1ccc(-c2ccc([C@]3(NC(=O)C45CC6CC(C4)C(O)C(C6)C5)CCCNC3)nc2)cc1. The molecule has 3 atom stereocenters. The van der Waals surface area contributed by atoms with Crippen LogP contribution in [0.5, 0.6) is 0 Å². The number of rotatable bonds is 6. The van der Waals surface area contributed by atoms with Crippen molar-refractivity contribution in [1.29, 1.82) is 0 Å². The first-order valence-corrected chi connectivity index (χ1v) is 14.5. The van der Waals surface area contributed by atoms with Crippen LogP contribution in [0, 0.1) is 23.2 Å². The monoisotopic (exact) mass is 514 g/mol. The van der Waals surface area contributed by atoms with Gasteiger partial charge >= 0.3 is 0 Å². The van der Waals surface area contributed by atoms with Crippen molar-refractivity contribution in [2.24, 2.45) is 23.2 Å². The molecule has 1 aromatic heterocycles. The van der Waals surface area contributed by atoms with Crippen LogP contribution in [0.3, 0.4) is 0 Å². The number of nitrogens with one attached hydrogen (secondary N) is 3. The summed E-state index contributed by atoms with van der Waals surface area (Å²) in [7, 11) is 0. The van der Waals surface area contributed by atoms with Crippen LogP contribution in [0.25, 0.3) is 11.1 Å². The molecule has 8 rings (SSSR count). The Balaban J connectivity index is 1.10. The van der Waals surface area contributed by atoms with Crippen LogP contribution in [0.4, 0.5) is 0 Å². The van der Waals surface area contributed by atoms with Crippen molar-refractivity contribution in [3.8, 4) is 11.1 Å². The minimum Gasteiger partial charge on any atom is -0.393 e. The molecule has 6 fully saturated rings. The van der Waals surface area contributed by atoms with E-state index in [1.54, 1.807) is 0 Å². The van der Waals surface area contributed by atoms with Gasteiger partial charge in [-0.05, 0) is 106 Å². The molecule has 38 heavy (non-hydrogen) atoms. The van der Waals surface area contributed by atoms with Crippen LogP contribution < -0.4 is 16.0 Å². The highest BCUT2D eigenvalue weighted by Crippen LogP contribution is 2.60. The summed E-state index contributed by atoms with van der Waals surface area (Å²) in [5, 5.41) is 20.8. The molecule has 2 amide bonds. The molecule has 7 nitrogen and oxygen atoms in total. The molecule has 4 bridgehead atoms. The number of pyridine rings is 1. The second-order valence-corrected chi connectivity index (χ2v) is 12.8. The third-order valence-corrected chi connectivity index (χ3v) is 10.1. The third kappa shape index (κ3) is 4.24. The molecule has 4 N–H and O–H groups in total. The summed E-state index contributed by atoms with van der Waals surface area (Å²) in [4.78, 5) is 31.2. The van der Waals surface area contributed by atoms with Gasteiger partial charge in [-0.2, -0.15) is 0 Å². The Morgan fingerprint density at radius 2 is 1.71 bits per heavy atom. The minimum atomic E-state index is -0.527. The Morgan fingerprint density at radius 1 is 0.974 bits per heavy atom. The second kappa shape index (κ2) is 9.16. The van der Waals surface area contributed by atoms with Crippen molar-refractivity contribution in [3.05, 3.63) is 53.9 Å². The van der Waals surface area contributed by atoms with Crippen LogP contribution in [-0.4, -0.2) is 47.1 Å². The summed E-state index contributed by atoms with van der Waals surface area (Å²) < 4.78 is 0. The summed E-state index contributed by atoms with van der Waals surface area (Å²) in [5.74, 6) is 1.28. The normalized spacial score (nSPS) is 35.6. The number of hydrogen-bond acceptors (Lipinski definition) is 5. The van der Waals surface area contributed by atoms with E-state index in [2.05, 4.69) is 28.1 Å². The maximum Gasteiger partial charge on any atom is 0.251 e. The topological polar surface area (TPSA) is 103 Å². The predicted octanol–water partition coefficient (Wildman–Crippen LogP) is 3.52. The van der Waals surface area contributed by atoms with E-state index in [0.29, 0.717) is 24.1 Å². The largest absolute Gasteiger partial charge is 0.393 e. The number of aliphatic hydroxyl groups is 1. The van der Waals surface area contributed by atoms with Crippen LogP contribution in [0.2, 0.25) is 0 Å². The molecule has 0 radical (unpaired) electrons. The Labute approximate surface area is 224 Å². The fourth-order valence-electron chi connectivity index (χ4n) is 8.08. The van der Waals surface area contributed by atoms with Gasteiger partial charge in [-0.1, -0.05) is 18.2 Å². The Hall–Kier alpha value is -2.77. The van der Waals surface area contributed by atoms with E-state index in [9.17, 15) is 14.7 Å². The Kier molecular flexibility index (Phi) is 5.85. The average Bonchev–Trinajstić information content (AvgIpc) is 3.76. The van der Waals surface area contributed by atoms with E-state index in [4.69, 9.17) is 4.98 Å². The molecule has 2 aromatic rings. The molecule has 1 aliphatic heterocycles. The zero-order valence-electron chi connectivity index (χ0n) is 21.9. The molecule has 1 aromatic carbocycles. The van der Waals surface area contributed by atoms with Gasteiger partial charge in [0.05, 0.1) is 22.8 Å². The highest BCUT2D eigenvalue weighted by molar-refractivity contribution is 5.95. The number of carbonyl (C=O) groups is 2. The summed E-state index contributed by atoms with van der Waals surface area (Å²) in [5.41, 5.74) is 2.71. The summed E-state index contributed by atoms with van der Waals surface area (Å²) >= 11 is 0. The number of carbonyl (C=O) groups excluding carboxylic acids is 2. The van der Waals surface area contributed by atoms with Crippen LogP contribution in [0.1, 0.15) is 73.8 Å². The fourth-order valence-corrected chi connectivity index (χ4v) is 8.08. The van der Waals surface area contributed by atoms with Crippen molar-refractivity contribution < 1.29 is 14.7 Å². The van der Waals surface area contributed by atoms with Gasteiger partial charge < -0.3 is 21.1 Å². The average molecular weight is 515 g/mol. The minimum absolute atomic E-state index is 0.0106. The van der Waals surface area contributed by atoms with E-state index in [-0.39, 0.29) is 35.2 Å². The lowest BCUT2D eigenvalue weighted by Crippen LogP contribution is -2.63. The number of aromatic nitrogens is 1. The zero-order valence-corrected chi connectivity index (χ0v) is 21.9. The fraction of sp³-hybridized carbons (Fsp3) is 0.581. The van der Waals surface area contributed by atoms with Gasteiger partial charge in [-0.3, -0.25) is 14.6 Å². The maximum absolute atomic E-state index is 14.0. The van der Waals surface area contributed by atoms with E-state index < -0.39 is 5.54 Å². The molecule has 5 aliphatic carbocycles. The third-order valence-electron chi connectivity index (χ3n) is 10.1. The van der Waals surface area contributed by atoms with Crippen LogP contribution in [0.15, 0.2) is 42.6 Å². The van der Waals surface area contributed by atoms with Crippen molar-refractivity contribution in [2.75, 3.05) is 13.1 Å². The number of piperidine rings is 1. The zero-order chi connectivity index (χ0) is 25.9. The van der Waals surface area contributed by atoms with Crippen molar-refractivity contribution in [2.45, 2.75) is 75.5 Å². The van der Waals surface area contributed by atoms with Gasteiger partial charge in [-0.25, -0.2) is 0 Å². The van der Waals surface area contributed by atoms with Crippen LogP contribution >= 0.6 is 0 Å². The molecule has 7 heteroatoms. The van der Waals surface area contributed by atoms with Crippen molar-refractivity contribution in [1.82, 2.24) is 20.9 Å². The second-order valence-electron chi connectivity index (χ2n) is 12.8. The van der Waals surface area contributed by atoms with E-state index in [1.807, 2.05) is 30.5 Å². The molecule has 2 heterocycles. The molecule has 5 saturated carbocycles. The molecule has 6 aliphatic rings. The quantitative estimate of drug-likeness (QED) is 0.472. The standard InChI is InChI=1S/C31H38N4O3/c36-27-23-12-19-13-24(27)16-30(14-19,15-23)29(38)35-31(10-1-11-32-18-31)26-9-6-22(17-33-26)20-2-4-21(5-3-20)28(37)34-25-7-8-25/h2-6,9,17,19,23-25,27,32,36H,1,7-8,10-16,18H2,(H,34,37)(H,35,38)/t19?,23?,24?,27?,30?,31-/m0/s1. The van der Waals surface area contributed by atoms with Gasteiger partial charge in [-0.15, -0.1) is 0 Å². The van der Waals surface area contributed by atoms with Crippen molar-refractivity contribution in [3.63, 3.8) is 0 Å². The number of hydrogen-bond donors (Lipinski definition) is 4. The van der Waals surface area contributed by atoms with E-state index in [0.717, 1.165) is 81.2 Å². The van der Waals surface area contributed by atoms with Gasteiger partial charge in [0.25, 0.3) is 5.91 Å². The summed E-state index contributed by atoms with van der Waals surface area (Å²) in [6.45, 7) is 1.62. The molecule has 1 saturated heterocycles. The van der Waals surface area contributed by atoms with E-state index in [1.165, 1.54) is 0 Å². The number of aliphatic hydroxyl groups excluding tert-OH is 1. The first kappa shape index (κ1) is 24.3. The van der Waals surface area contributed by atoms with Crippen LogP contribution in [-0.2, 0) is 10.3 Å². The molecule has 200 valence electrons. The number of nitrogens with zero attached hydrogens (tertiary/aromatic N) is 1. The summed E-state index contributed by atoms with van der Waals surface area (Å²) in [6, 6.07) is 12.2. The van der Waals surface area contributed by atoms with Gasteiger partial charge in [0.2, 0.25) is 5.91 Å².